The van der Waals surface area contributed by atoms with Gasteiger partial charge in [-0.15, -0.1) is 11.3 Å². The second-order valence-electron chi connectivity index (χ2n) is 3.23. The van der Waals surface area contributed by atoms with E-state index < -0.39 is 5.97 Å². The standard InChI is InChI=1S/C12H10O3S/c1-15-10-4-2-8(3-5-10)9-6-11(12(13)14)16-7-9/h2-7H,1H3,(H,13,14). The number of methoxy groups -OCH3 is 1. The van der Waals surface area contributed by atoms with Gasteiger partial charge in [0.2, 0.25) is 0 Å². The zero-order chi connectivity index (χ0) is 11.5. The number of carbonyl (C=O) groups is 1. The highest BCUT2D eigenvalue weighted by molar-refractivity contribution is 7.12. The van der Waals surface area contributed by atoms with Gasteiger partial charge in [0.25, 0.3) is 0 Å². The summed E-state index contributed by atoms with van der Waals surface area (Å²) in [5.74, 6) is -0.0952. The molecule has 0 amide bonds. The second kappa shape index (κ2) is 4.37. The molecule has 0 fully saturated rings. The van der Waals surface area contributed by atoms with Crippen molar-refractivity contribution in [1.29, 1.82) is 0 Å². The van der Waals surface area contributed by atoms with Crippen LogP contribution in [0.25, 0.3) is 11.1 Å². The van der Waals surface area contributed by atoms with E-state index in [4.69, 9.17) is 9.84 Å². The van der Waals surface area contributed by atoms with Crippen molar-refractivity contribution in [2.45, 2.75) is 0 Å². The predicted octanol–water partition coefficient (Wildman–Crippen LogP) is 3.12. The average molecular weight is 234 g/mol. The summed E-state index contributed by atoms with van der Waals surface area (Å²) in [6, 6.07) is 9.20. The highest BCUT2D eigenvalue weighted by Gasteiger charge is 2.07. The van der Waals surface area contributed by atoms with Gasteiger partial charge in [-0.25, -0.2) is 4.79 Å². The van der Waals surface area contributed by atoms with Crippen molar-refractivity contribution in [1.82, 2.24) is 0 Å². The summed E-state index contributed by atoms with van der Waals surface area (Å²) >= 11 is 1.23. The minimum absolute atomic E-state index is 0.353. The highest BCUT2D eigenvalue weighted by Crippen LogP contribution is 2.27. The van der Waals surface area contributed by atoms with E-state index in [0.717, 1.165) is 16.9 Å². The molecule has 0 bridgehead atoms. The number of ether oxygens (including phenoxy) is 1. The van der Waals surface area contributed by atoms with Gasteiger partial charge in [0.15, 0.2) is 0 Å². The van der Waals surface area contributed by atoms with E-state index in [1.165, 1.54) is 11.3 Å². The molecule has 0 unspecified atom stereocenters. The summed E-state index contributed by atoms with van der Waals surface area (Å²) in [6.07, 6.45) is 0. The first-order chi connectivity index (χ1) is 7.70. The second-order valence-corrected chi connectivity index (χ2v) is 4.14. The van der Waals surface area contributed by atoms with Crippen LogP contribution in [-0.2, 0) is 0 Å². The van der Waals surface area contributed by atoms with E-state index >= 15 is 0 Å². The molecule has 0 saturated heterocycles. The van der Waals surface area contributed by atoms with Crippen LogP contribution < -0.4 is 4.74 Å². The van der Waals surface area contributed by atoms with Crippen LogP contribution in [-0.4, -0.2) is 18.2 Å². The number of carboxylic acids is 1. The van der Waals surface area contributed by atoms with E-state index in [0.29, 0.717) is 4.88 Å². The van der Waals surface area contributed by atoms with Crippen LogP contribution in [0.5, 0.6) is 5.75 Å². The Labute approximate surface area is 96.9 Å². The Kier molecular flexibility index (Phi) is 2.92. The van der Waals surface area contributed by atoms with Gasteiger partial charge in [-0.3, -0.25) is 0 Å². The number of rotatable bonds is 3. The van der Waals surface area contributed by atoms with Crippen LogP contribution >= 0.6 is 11.3 Å². The van der Waals surface area contributed by atoms with E-state index in [-0.39, 0.29) is 0 Å². The van der Waals surface area contributed by atoms with E-state index in [1.54, 1.807) is 13.2 Å². The number of benzene rings is 1. The third kappa shape index (κ3) is 2.06. The molecule has 0 aliphatic rings. The van der Waals surface area contributed by atoms with Gasteiger partial charge in [-0.05, 0) is 34.7 Å². The molecule has 1 N–H and O–H groups in total. The fourth-order valence-corrected chi connectivity index (χ4v) is 2.14. The van der Waals surface area contributed by atoms with Gasteiger partial charge < -0.3 is 9.84 Å². The summed E-state index contributed by atoms with van der Waals surface area (Å²) in [7, 11) is 1.61. The van der Waals surface area contributed by atoms with Crippen LogP contribution in [0.2, 0.25) is 0 Å². The first kappa shape index (κ1) is 10.7. The lowest BCUT2D eigenvalue weighted by atomic mass is 10.1. The molecule has 2 aromatic rings. The molecule has 0 aliphatic carbocycles. The lowest BCUT2D eigenvalue weighted by molar-refractivity contribution is 0.0702. The number of hydrogen-bond donors (Lipinski definition) is 1. The number of hydrogen-bond acceptors (Lipinski definition) is 3. The van der Waals surface area contributed by atoms with Gasteiger partial charge in [-0.2, -0.15) is 0 Å². The van der Waals surface area contributed by atoms with Gasteiger partial charge >= 0.3 is 5.97 Å². The van der Waals surface area contributed by atoms with E-state index in [1.807, 2.05) is 29.6 Å². The Hall–Kier alpha value is -1.81. The molecule has 0 aliphatic heterocycles. The maximum absolute atomic E-state index is 10.7. The minimum atomic E-state index is -0.884. The molecule has 3 nitrogen and oxygen atoms in total. The molecule has 2 rings (SSSR count). The highest BCUT2D eigenvalue weighted by atomic mass is 32.1. The van der Waals surface area contributed by atoms with Crippen LogP contribution in [0.1, 0.15) is 9.67 Å². The summed E-state index contributed by atoms with van der Waals surface area (Å²) in [5.41, 5.74) is 1.91. The molecule has 4 heteroatoms. The molecule has 16 heavy (non-hydrogen) atoms. The molecule has 1 aromatic heterocycles. The van der Waals surface area contributed by atoms with Gasteiger partial charge in [0.05, 0.1) is 7.11 Å². The Morgan fingerprint density at radius 1 is 1.25 bits per heavy atom. The third-order valence-corrected chi connectivity index (χ3v) is 3.15. The van der Waals surface area contributed by atoms with Crippen molar-refractivity contribution in [2.24, 2.45) is 0 Å². The Morgan fingerprint density at radius 3 is 2.44 bits per heavy atom. The average Bonchev–Trinajstić information content (AvgIpc) is 2.78. The summed E-state index contributed by atoms with van der Waals surface area (Å²) in [4.78, 5) is 11.1. The topological polar surface area (TPSA) is 46.5 Å². The molecule has 0 radical (unpaired) electrons. The van der Waals surface area contributed by atoms with Crippen LogP contribution in [0, 0.1) is 0 Å². The summed E-state index contributed by atoms with van der Waals surface area (Å²) in [6.45, 7) is 0. The number of carboxylic acid groups (broad SMARTS) is 1. The first-order valence-electron chi connectivity index (χ1n) is 4.67. The maximum Gasteiger partial charge on any atom is 0.345 e. The van der Waals surface area contributed by atoms with Crippen molar-refractivity contribution in [3.05, 3.63) is 40.6 Å². The summed E-state index contributed by atoms with van der Waals surface area (Å²) < 4.78 is 5.06. The Bertz CT molecular complexity index is 499. The van der Waals surface area contributed by atoms with Gasteiger partial charge in [0, 0.05) is 0 Å². The van der Waals surface area contributed by atoms with Crippen LogP contribution in [0.3, 0.4) is 0 Å². The van der Waals surface area contributed by atoms with Crippen molar-refractivity contribution in [2.75, 3.05) is 7.11 Å². The smallest absolute Gasteiger partial charge is 0.345 e. The van der Waals surface area contributed by atoms with Crippen LogP contribution in [0.4, 0.5) is 0 Å². The van der Waals surface area contributed by atoms with Gasteiger partial charge in [-0.1, -0.05) is 12.1 Å². The quantitative estimate of drug-likeness (QED) is 0.887. The molecular formula is C12H10O3S. The molecule has 82 valence electrons. The Morgan fingerprint density at radius 2 is 1.94 bits per heavy atom. The molecule has 0 atom stereocenters. The fraction of sp³-hybridized carbons (Fsp3) is 0.0833. The first-order valence-corrected chi connectivity index (χ1v) is 5.55. The van der Waals surface area contributed by atoms with E-state index in [9.17, 15) is 4.79 Å². The SMILES string of the molecule is COc1ccc(-c2csc(C(=O)O)c2)cc1. The lowest BCUT2D eigenvalue weighted by Crippen LogP contribution is -1.89. The molecule has 1 heterocycles. The molecule has 0 saturated carbocycles. The van der Waals surface area contributed by atoms with Gasteiger partial charge in [0.1, 0.15) is 10.6 Å². The Balaban J connectivity index is 2.31. The van der Waals surface area contributed by atoms with Crippen molar-refractivity contribution < 1.29 is 14.6 Å². The fourth-order valence-electron chi connectivity index (χ4n) is 1.38. The largest absolute Gasteiger partial charge is 0.497 e. The van der Waals surface area contributed by atoms with E-state index in [2.05, 4.69) is 0 Å². The van der Waals surface area contributed by atoms with Crippen molar-refractivity contribution in [3.63, 3.8) is 0 Å². The zero-order valence-electron chi connectivity index (χ0n) is 8.64. The van der Waals surface area contributed by atoms with Crippen molar-refractivity contribution in [3.8, 4) is 16.9 Å². The molecule has 0 spiro atoms. The monoisotopic (exact) mass is 234 g/mol. The number of thiophene rings is 1. The number of aromatic carboxylic acids is 1. The van der Waals surface area contributed by atoms with Crippen LogP contribution in [0.15, 0.2) is 35.7 Å². The molecular weight excluding hydrogens is 224 g/mol. The third-order valence-electron chi connectivity index (χ3n) is 2.23. The molecule has 1 aromatic carbocycles. The normalized spacial score (nSPS) is 10.1. The zero-order valence-corrected chi connectivity index (χ0v) is 9.45. The predicted molar refractivity (Wildman–Crippen MR) is 63.3 cm³/mol. The lowest BCUT2D eigenvalue weighted by Gasteiger charge is -2.00. The van der Waals surface area contributed by atoms with Crippen molar-refractivity contribution >= 4 is 17.3 Å². The summed E-state index contributed by atoms with van der Waals surface area (Å²) in [5, 5.41) is 10.7. The maximum atomic E-state index is 10.7. The minimum Gasteiger partial charge on any atom is -0.497 e.